The number of carbonyl (C=O) groups is 1. The molecular weight excluding hydrogens is 479 g/mol. The number of esters is 1. The van der Waals surface area contributed by atoms with E-state index in [1.807, 2.05) is 36.4 Å². The number of carbonyl (C=O) groups excluding carboxylic acids is 1. The topological polar surface area (TPSA) is 35.5 Å². The minimum atomic E-state index is -3.02. The third-order valence-corrected chi connectivity index (χ3v) is 11.4. The Hall–Kier alpha value is -3.15. The lowest BCUT2D eigenvalue weighted by Crippen LogP contribution is -2.68. The molecular formula is C29H28ClFO3Si. The van der Waals surface area contributed by atoms with Gasteiger partial charge in [0.25, 0.3) is 0 Å². The SMILES string of the molecule is CCOC(=O)c1cc(O[Si](c2ccccc2)(c2ccccc2)C(C)(C)C)c2ccc(Cl)c(F)c2c1. The lowest BCUT2D eigenvalue weighted by molar-refractivity contribution is 0.0526. The fourth-order valence-corrected chi connectivity index (χ4v) is 9.16. The van der Waals surface area contributed by atoms with Gasteiger partial charge >= 0.3 is 14.3 Å². The summed E-state index contributed by atoms with van der Waals surface area (Å²) in [6.07, 6.45) is 0. The first kappa shape index (κ1) is 25.0. The Morgan fingerprint density at radius 3 is 1.97 bits per heavy atom. The van der Waals surface area contributed by atoms with Crippen molar-refractivity contribution in [3.05, 3.63) is 101 Å². The van der Waals surface area contributed by atoms with E-state index in [1.54, 1.807) is 19.1 Å². The van der Waals surface area contributed by atoms with Crippen molar-refractivity contribution in [2.24, 2.45) is 0 Å². The number of halogens is 2. The van der Waals surface area contributed by atoms with Crippen LogP contribution in [0.5, 0.6) is 5.75 Å². The minimum Gasteiger partial charge on any atom is -0.534 e. The van der Waals surface area contributed by atoms with Gasteiger partial charge in [0.05, 0.1) is 17.2 Å². The van der Waals surface area contributed by atoms with Crippen LogP contribution in [0.25, 0.3) is 10.8 Å². The van der Waals surface area contributed by atoms with E-state index < -0.39 is 20.1 Å². The van der Waals surface area contributed by atoms with E-state index >= 15 is 4.39 Å². The fourth-order valence-electron chi connectivity index (χ4n) is 4.57. The fraction of sp³-hybridized carbons (Fsp3) is 0.207. The van der Waals surface area contributed by atoms with Crippen LogP contribution in [0, 0.1) is 5.82 Å². The number of hydrogen-bond donors (Lipinski definition) is 0. The van der Waals surface area contributed by atoms with Crippen molar-refractivity contribution in [2.45, 2.75) is 32.7 Å². The number of hydrogen-bond acceptors (Lipinski definition) is 3. The van der Waals surface area contributed by atoms with Gasteiger partial charge in [-0.2, -0.15) is 0 Å². The normalized spacial score (nSPS) is 11.9. The molecule has 0 aromatic heterocycles. The highest BCUT2D eigenvalue weighted by molar-refractivity contribution is 7.00. The van der Waals surface area contributed by atoms with E-state index in [1.165, 1.54) is 12.1 Å². The molecule has 0 spiro atoms. The summed E-state index contributed by atoms with van der Waals surface area (Å²) in [7, 11) is -3.02. The summed E-state index contributed by atoms with van der Waals surface area (Å²) >= 11 is 6.11. The maximum absolute atomic E-state index is 15.2. The van der Waals surface area contributed by atoms with Crippen LogP contribution >= 0.6 is 11.6 Å². The first-order valence-electron chi connectivity index (χ1n) is 11.6. The van der Waals surface area contributed by atoms with E-state index in [9.17, 15) is 4.79 Å². The predicted molar refractivity (Wildman–Crippen MR) is 143 cm³/mol. The van der Waals surface area contributed by atoms with Crippen LogP contribution in [0.3, 0.4) is 0 Å². The molecule has 0 aliphatic carbocycles. The van der Waals surface area contributed by atoms with Crippen LogP contribution < -0.4 is 14.8 Å². The van der Waals surface area contributed by atoms with Gasteiger partial charge in [0.15, 0.2) is 0 Å². The van der Waals surface area contributed by atoms with Crippen molar-refractivity contribution in [3.63, 3.8) is 0 Å². The van der Waals surface area contributed by atoms with E-state index in [0.717, 1.165) is 10.4 Å². The van der Waals surface area contributed by atoms with Crippen LogP contribution in [0.1, 0.15) is 38.1 Å². The Morgan fingerprint density at radius 1 is 0.886 bits per heavy atom. The smallest absolute Gasteiger partial charge is 0.338 e. The van der Waals surface area contributed by atoms with E-state index in [4.69, 9.17) is 20.8 Å². The van der Waals surface area contributed by atoms with E-state index in [-0.39, 0.29) is 27.6 Å². The first-order chi connectivity index (χ1) is 16.7. The van der Waals surface area contributed by atoms with Gasteiger partial charge in [-0.15, -0.1) is 0 Å². The summed E-state index contributed by atoms with van der Waals surface area (Å²) in [4.78, 5) is 12.7. The largest absolute Gasteiger partial charge is 0.534 e. The third kappa shape index (κ3) is 4.58. The van der Waals surface area contributed by atoms with Crippen molar-refractivity contribution in [3.8, 4) is 5.75 Å². The van der Waals surface area contributed by atoms with E-state index in [2.05, 4.69) is 45.0 Å². The summed E-state index contributed by atoms with van der Waals surface area (Å²) in [5.41, 5.74) is 0.216. The summed E-state index contributed by atoms with van der Waals surface area (Å²) in [5.74, 6) is -0.709. The quantitative estimate of drug-likeness (QED) is 0.214. The van der Waals surface area contributed by atoms with Crippen molar-refractivity contribution in [2.75, 3.05) is 6.61 Å². The van der Waals surface area contributed by atoms with Gasteiger partial charge < -0.3 is 9.16 Å². The Labute approximate surface area is 211 Å². The van der Waals surface area contributed by atoms with Crippen LogP contribution in [-0.2, 0) is 4.74 Å². The average Bonchev–Trinajstić information content (AvgIpc) is 2.85. The molecule has 0 unspecified atom stereocenters. The Kier molecular flexibility index (Phi) is 7.02. The molecule has 35 heavy (non-hydrogen) atoms. The van der Waals surface area contributed by atoms with Crippen molar-refractivity contribution in [1.29, 1.82) is 0 Å². The van der Waals surface area contributed by atoms with Crippen molar-refractivity contribution in [1.82, 2.24) is 0 Å². The molecule has 0 radical (unpaired) electrons. The highest BCUT2D eigenvalue weighted by Gasteiger charge is 2.52. The van der Waals surface area contributed by atoms with Crippen LogP contribution in [0.15, 0.2) is 84.9 Å². The zero-order valence-corrected chi connectivity index (χ0v) is 22.0. The standard InChI is InChI=1S/C29H28ClFO3Si/c1-5-33-28(32)20-18-24-23(16-17-25(30)27(24)31)26(19-20)34-35(29(2,3)4,21-12-8-6-9-13-21)22-14-10-7-11-15-22/h6-19H,5H2,1-4H3. The molecule has 3 nitrogen and oxygen atoms in total. The molecule has 0 N–H and O–H groups in total. The number of fused-ring (bicyclic) bond motifs is 1. The minimum absolute atomic E-state index is 0.0186. The lowest BCUT2D eigenvalue weighted by atomic mass is 10.1. The van der Waals surface area contributed by atoms with E-state index in [0.29, 0.717) is 11.1 Å². The molecule has 4 aromatic rings. The molecule has 0 amide bonds. The van der Waals surface area contributed by atoms with Crippen LogP contribution in [0.2, 0.25) is 10.1 Å². The highest BCUT2D eigenvalue weighted by atomic mass is 35.5. The second-order valence-corrected chi connectivity index (χ2v) is 14.0. The van der Waals surface area contributed by atoms with Crippen molar-refractivity contribution < 1.29 is 18.3 Å². The zero-order chi connectivity index (χ0) is 25.2. The Bertz CT molecular complexity index is 1310. The Morgan fingerprint density at radius 2 is 1.46 bits per heavy atom. The van der Waals surface area contributed by atoms with Crippen LogP contribution in [0.4, 0.5) is 4.39 Å². The zero-order valence-electron chi connectivity index (χ0n) is 20.3. The molecule has 0 heterocycles. The lowest BCUT2D eigenvalue weighted by Gasteiger charge is -2.43. The maximum atomic E-state index is 15.2. The first-order valence-corrected chi connectivity index (χ1v) is 13.9. The number of benzene rings is 4. The second-order valence-electron chi connectivity index (χ2n) is 9.42. The summed E-state index contributed by atoms with van der Waals surface area (Å²) in [6, 6.07) is 26.7. The monoisotopic (exact) mass is 506 g/mol. The van der Waals surface area contributed by atoms with Gasteiger partial charge in [-0.25, -0.2) is 9.18 Å². The average molecular weight is 507 g/mol. The molecule has 0 saturated heterocycles. The summed E-state index contributed by atoms with van der Waals surface area (Å²) in [6.45, 7) is 8.42. The molecule has 6 heteroatoms. The second kappa shape index (κ2) is 9.84. The number of rotatable bonds is 6. The predicted octanol–water partition coefficient (Wildman–Crippen LogP) is 6.75. The van der Waals surface area contributed by atoms with Gasteiger partial charge in [-0.3, -0.25) is 0 Å². The molecule has 0 saturated carbocycles. The van der Waals surface area contributed by atoms with Gasteiger partial charge in [0, 0.05) is 10.8 Å². The van der Waals surface area contributed by atoms with Crippen molar-refractivity contribution >= 4 is 47.0 Å². The van der Waals surface area contributed by atoms with Gasteiger partial charge in [-0.1, -0.05) is 93.0 Å². The molecule has 4 rings (SSSR count). The molecule has 0 bridgehead atoms. The number of ether oxygens (including phenoxy) is 1. The highest BCUT2D eigenvalue weighted by Crippen LogP contribution is 2.41. The summed E-state index contributed by atoms with van der Waals surface area (Å²) in [5, 5.41) is 2.58. The van der Waals surface area contributed by atoms with Gasteiger partial charge in [0.1, 0.15) is 11.6 Å². The molecule has 0 aliphatic heterocycles. The molecule has 180 valence electrons. The van der Waals surface area contributed by atoms with Crippen LogP contribution in [-0.4, -0.2) is 20.9 Å². The van der Waals surface area contributed by atoms with Gasteiger partial charge in [0.2, 0.25) is 0 Å². The van der Waals surface area contributed by atoms with Gasteiger partial charge in [-0.05, 0) is 46.6 Å². The maximum Gasteiger partial charge on any atom is 0.338 e. The molecule has 0 fully saturated rings. The molecule has 0 aliphatic rings. The molecule has 0 atom stereocenters. The third-order valence-electron chi connectivity index (χ3n) is 6.18. The molecule has 4 aromatic carbocycles. The Balaban J connectivity index is 2.05. The summed E-state index contributed by atoms with van der Waals surface area (Å²) < 4.78 is 27.6.